The second kappa shape index (κ2) is 7.68. The zero-order valence-electron chi connectivity index (χ0n) is 12.4. The van der Waals surface area contributed by atoms with Crippen LogP contribution in [0.25, 0.3) is 0 Å². The summed E-state index contributed by atoms with van der Waals surface area (Å²) in [5.41, 5.74) is 13.3. The number of thioether (sulfide) groups is 2. The minimum Gasteiger partial charge on any atom is -0.377 e. The molecule has 0 atom stereocenters. The van der Waals surface area contributed by atoms with Crippen LogP contribution < -0.4 is 11.5 Å². The smallest absolute Gasteiger partial charge is 0.180 e. The van der Waals surface area contributed by atoms with Gasteiger partial charge < -0.3 is 11.5 Å². The van der Waals surface area contributed by atoms with E-state index >= 15 is 0 Å². The van der Waals surface area contributed by atoms with Crippen LogP contribution in [0.2, 0.25) is 0 Å². The van der Waals surface area contributed by atoms with Gasteiger partial charge in [0.25, 0.3) is 0 Å². The van der Waals surface area contributed by atoms with Gasteiger partial charge in [0.2, 0.25) is 0 Å². The Kier molecular flexibility index (Phi) is 6.54. The molecule has 0 amide bonds. The molecule has 1 aliphatic rings. The van der Waals surface area contributed by atoms with Gasteiger partial charge >= 0.3 is 0 Å². The van der Waals surface area contributed by atoms with Crippen molar-refractivity contribution in [3.63, 3.8) is 0 Å². The summed E-state index contributed by atoms with van der Waals surface area (Å²) in [7, 11) is 0. The van der Waals surface area contributed by atoms with E-state index in [2.05, 4.69) is 34.3 Å². The van der Waals surface area contributed by atoms with Crippen molar-refractivity contribution in [2.45, 2.75) is 33.1 Å². The van der Waals surface area contributed by atoms with Crippen LogP contribution in [-0.2, 0) is 0 Å². The largest absolute Gasteiger partial charge is 0.377 e. The minimum absolute atomic E-state index is 0.100. The maximum atomic E-state index is 5.64. The van der Waals surface area contributed by atoms with E-state index in [1.165, 1.54) is 23.5 Å². The Bertz CT molecular complexity index is 425. The van der Waals surface area contributed by atoms with Gasteiger partial charge in [-0.25, -0.2) is 0 Å². The molecule has 0 heterocycles. The minimum atomic E-state index is 0.100. The lowest BCUT2D eigenvalue weighted by Gasteiger charge is -2.30. The number of nitrogens with zero attached hydrogens (tertiary/aromatic N) is 4. The highest BCUT2D eigenvalue weighted by Crippen LogP contribution is 2.32. The Morgan fingerprint density at radius 2 is 1.35 bits per heavy atom. The highest BCUT2D eigenvalue weighted by molar-refractivity contribution is 8.13. The summed E-state index contributed by atoms with van der Waals surface area (Å²) < 4.78 is 0. The fourth-order valence-electron chi connectivity index (χ4n) is 1.99. The fraction of sp³-hybridized carbons (Fsp3) is 0.667. The molecule has 1 saturated carbocycles. The average molecular weight is 314 g/mol. The molecule has 0 aromatic heterocycles. The Hall–Kier alpha value is -1.02. The second-order valence-electron chi connectivity index (χ2n) is 5.31. The first-order valence-corrected chi connectivity index (χ1v) is 8.67. The molecule has 6 nitrogen and oxygen atoms in total. The summed E-state index contributed by atoms with van der Waals surface area (Å²) in [5.74, 6) is 0. The maximum absolute atomic E-state index is 5.64. The summed E-state index contributed by atoms with van der Waals surface area (Å²) in [4.78, 5) is 0. The van der Waals surface area contributed by atoms with Crippen LogP contribution in [0, 0.1) is 5.41 Å². The van der Waals surface area contributed by atoms with E-state index in [1.807, 2.05) is 12.5 Å². The van der Waals surface area contributed by atoms with Crippen LogP contribution >= 0.6 is 23.5 Å². The van der Waals surface area contributed by atoms with Crippen molar-refractivity contribution >= 4 is 45.3 Å². The zero-order valence-corrected chi connectivity index (χ0v) is 14.0. The van der Waals surface area contributed by atoms with Crippen LogP contribution in [0.15, 0.2) is 20.4 Å². The summed E-state index contributed by atoms with van der Waals surface area (Å²) in [6.07, 6.45) is 6.20. The van der Waals surface area contributed by atoms with Gasteiger partial charge in [-0.05, 0) is 30.8 Å². The Labute approximate surface area is 128 Å². The van der Waals surface area contributed by atoms with Gasteiger partial charge in [0.1, 0.15) is 0 Å². The third kappa shape index (κ3) is 5.96. The molecular weight excluding hydrogens is 292 g/mol. The number of amidine groups is 2. The predicted octanol–water partition coefficient (Wildman–Crippen LogP) is 2.26. The number of hydrogen-bond donors (Lipinski definition) is 2. The van der Waals surface area contributed by atoms with Crippen molar-refractivity contribution in [3.05, 3.63) is 0 Å². The van der Waals surface area contributed by atoms with Gasteiger partial charge in [0.05, 0.1) is 0 Å². The molecule has 20 heavy (non-hydrogen) atoms. The SMILES string of the molecule is CSC(N)=NN=C1CC(=NN=C(N)SC)CC(C)(C)C1. The van der Waals surface area contributed by atoms with Crippen LogP contribution in [0.3, 0.4) is 0 Å². The van der Waals surface area contributed by atoms with Gasteiger partial charge in [-0.1, -0.05) is 37.4 Å². The van der Waals surface area contributed by atoms with Crippen LogP contribution in [0.5, 0.6) is 0 Å². The third-order valence-electron chi connectivity index (χ3n) is 2.77. The Morgan fingerprint density at radius 1 is 0.950 bits per heavy atom. The topological polar surface area (TPSA) is 101 Å². The van der Waals surface area contributed by atoms with Crippen molar-refractivity contribution in [1.29, 1.82) is 0 Å². The molecule has 0 bridgehead atoms. The second-order valence-corrected chi connectivity index (χ2v) is 6.96. The van der Waals surface area contributed by atoms with Gasteiger partial charge in [-0.2, -0.15) is 10.2 Å². The predicted molar refractivity (Wildman–Crippen MR) is 92.8 cm³/mol. The number of hydrogen-bond acceptors (Lipinski definition) is 6. The van der Waals surface area contributed by atoms with Crippen LogP contribution in [0.4, 0.5) is 0 Å². The normalized spacial score (nSPS) is 24.4. The number of rotatable bonds is 2. The molecule has 0 spiro atoms. The first-order valence-electron chi connectivity index (χ1n) is 6.22. The molecule has 1 aliphatic carbocycles. The van der Waals surface area contributed by atoms with Gasteiger partial charge in [-0.15, -0.1) is 10.2 Å². The van der Waals surface area contributed by atoms with Crippen LogP contribution in [-0.4, -0.2) is 34.3 Å². The molecule has 0 unspecified atom stereocenters. The van der Waals surface area contributed by atoms with E-state index in [-0.39, 0.29) is 5.41 Å². The van der Waals surface area contributed by atoms with Gasteiger partial charge in [0, 0.05) is 17.8 Å². The van der Waals surface area contributed by atoms with Gasteiger partial charge in [0.15, 0.2) is 10.3 Å². The molecule has 112 valence electrons. The molecule has 4 N–H and O–H groups in total. The Morgan fingerprint density at radius 3 is 1.70 bits per heavy atom. The van der Waals surface area contributed by atoms with Gasteiger partial charge in [-0.3, -0.25) is 0 Å². The molecule has 0 aromatic rings. The first-order chi connectivity index (χ1) is 9.36. The summed E-state index contributed by atoms with van der Waals surface area (Å²) in [6, 6.07) is 0. The summed E-state index contributed by atoms with van der Waals surface area (Å²) in [5, 5.41) is 17.4. The van der Waals surface area contributed by atoms with Crippen molar-refractivity contribution in [2.75, 3.05) is 12.5 Å². The molecule has 1 fully saturated rings. The number of nitrogens with two attached hydrogens (primary N) is 2. The molecule has 0 radical (unpaired) electrons. The molecule has 8 heteroatoms. The maximum Gasteiger partial charge on any atom is 0.180 e. The van der Waals surface area contributed by atoms with E-state index in [0.29, 0.717) is 16.8 Å². The average Bonchev–Trinajstić information content (AvgIpc) is 2.40. The van der Waals surface area contributed by atoms with Crippen molar-refractivity contribution in [3.8, 4) is 0 Å². The quantitative estimate of drug-likeness (QED) is 0.463. The fourth-order valence-corrected chi connectivity index (χ4v) is 2.24. The third-order valence-corrected chi connectivity index (χ3v) is 3.77. The molecular formula is C12H22N6S2. The molecule has 0 aliphatic heterocycles. The lowest BCUT2D eigenvalue weighted by Crippen LogP contribution is -2.29. The van der Waals surface area contributed by atoms with Crippen LogP contribution in [0.1, 0.15) is 33.1 Å². The molecule has 0 aromatic carbocycles. The lowest BCUT2D eigenvalue weighted by atomic mass is 9.75. The van der Waals surface area contributed by atoms with E-state index in [9.17, 15) is 0 Å². The van der Waals surface area contributed by atoms with E-state index < -0.39 is 0 Å². The molecule has 1 rings (SSSR count). The van der Waals surface area contributed by atoms with Crippen molar-refractivity contribution < 1.29 is 0 Å². The van der Waals surface area contributed by atoms with Crippen molar-refractivity contribution in [2.24, 2.45) is 37.3 Å². The summed E-state index contributed by atoms with van der Waals surface area (Å²) >= 11 is 2.76. The first kappa shape index (κ1) is 17.0. The highest BCUT2D eigenvalue weighted by Gasteiger charge is 2.29. The zero-order chi connectivity index (χ0) is 15.2. The van der Waals surface area contributed by atoms with Crippen molar-refractivity contribution in [1.82, 2.24) is 0 Å². The van der Waals surface area contributed by atoms with E-state index in [4.69, 9.17) is 11.5 Å². The summed E-state index contributed by atoms with van der Waals surface area (Å²) in [6.45, 7) is 4.36. The van der Waals surface area contributed by atoms with E-state index in [1.54, 1.807) is 0 Å². The standard InChI is InChI=1S/C12H22N6S2/c1-12(2)6-8(15-17-10(13)19-3)5-9(7-12)16-18-11(14)20-4/h5-7H2,1-4H3,(H2,13,17)(H2,14,18). The Balaban J connectivity index is 2.91. The highest BCUT2D eigenvalue weighted by atomic mass is 32.2. The molecule has 0 saturated heterocycles. The lowest BCUT2D eigenvalue weighted by molar-refractivity contribution is 0.389. The van der Waals surface area contributed by atoms with E-state index in [0.717, 1.165) is 24.3 Å². The monoisotopic (exact) mass is 314 g/mol.